The normalized spacial score (nSPS) is 19.6. The van der Waals surface area contributed by atoms with E-state index in [4.69, 9.17) is 4.74 Å². The zero-order chi connectivity index (χ0) is 13.4. The molecular weight excluding hydrogens is 357 g/mol. The van der Waals surface area contributed by atoms with Crippen LogP contribution in [0.1, 0.15) is 33.1 Å². The smallest absolute Gasteiger partial charge is 0.310 e. The maximum absolute atomic E-state index is 11.8. The molecule has 1 aliphatic heterocycles. The van der Waals surface area contributed by atoms with Crippen LogP contribution in [-0.2, 0) is 9.53 Å². The highest BCUT2D eigenvalue weighted by Gasteiger charge is 2.28. The number of rotatable bonds is 4. The predicted molar refractivity (Wildman–Crippen MR) is 88.0 cm³/mol. The first-order chi connectivity index (χ1) is 8.72. The molecule has 6 heteroatoms. The van der Waals surface area contributed by atoms with Crippen LogP contribution in [0.2, 0.25) is 0 Å². The molecule has 0 spiro atoms. The van der Waals surface area contributed by atoms with Gasteiger partial charge in [0.1, 0.15) is 0 Å². The molecule has 1 rings (SSSR count). The van der Waals surface area contributed by atoms with Crippen molar-refractivity contribution in [1.29, 1.82) is 0 Å². The standard InChI is InChI=1S/C13H25N3O2.HI/c1-4-8-15-13(14-3)16-9-6-7-11(10-16)12(17)18-5-2;/h11H,4-10H2,1-3H3,(H,14,15);1H. The van der Waals surface area contributed by atoms with Crippen LogP contribution in [0, 0.1) is 5.92 Å². The summed E-state index contributed by atoms with van der Waals surface area (Å²) in [5.74, 6) is 0.804. The van der Waals surface area contributed by atoms with Gasteiger partial charge in [0.05, 0.1) is 12.5 Å². The van der Waals surface area contributed by atoms with Crippen LogP contribution >= 0.6 is 24.0 Å². The third-order valence-electron chi connectivity index (χ3n) is 3.09. The first-order valence-corrected chi connectivity index (χ1v) is 6.85. The number of aliphatic imine (C=N–C) groups is 1. The lowest BCUT2D eigenvalue weighted by molar-refractivity contribution is -0.149. The van der Waals surface area contributed by atoms with Gasteiger partial charge in [-0.05, 0) is 26.2 Å². The number of carbonyl (C=O) groups excluding carboxylic acids is 1. The quantitative estimate of drug-likeness (QED) is 0.349. The van der Waals surface area contributed by atoms with Gasteiger partial charge in [-0.25, -0.2) is 0 Å². The third-order valence-corrected chi connectivity index (χ3v) is 3.09. The van der Waals surface area contributed by atoms with Crippen LogP contribution < -0.4 is 5.32 Å². The second-order valence-corrected chi connectivity index (χ2v) is 4.51. The van der Waals surface area contributed by atoms with E-state index >= 15 is 0 Å². The fourth-order valence-electron chi connectivity index (χ4n) is 2.19. The van der Waals surface area contributed by atoms with Gasteiger partial charge >= 0.3 is 5.97 Å². The highest BCUT2D eigenvalue weighted by Crippen LogP contribution is 2.17. The molecule has 0 aromatic carbocycles. The Kier molecular flexibility index (Phi) is 9.99. The van der Waals surface area contributed by atoms with Crippen molar-refractivity contribution in [2.24, 2.45) is 10.9 Å². The number of esters is 1. The lowest BCUT2D eigenvalue weighted by Crippen LogP contribution is -2.48. The van der Waals surface area contributed by atoms with E-state index in [-0.39, 0.29) is 35.9 Å². The summed E-state index contributed by atoms with van der Waals surface area (Å²) in [4.78, 5) is 18.2. The molecule has 1 atom stereocenters. The minimum atomic E-state index is -0.0758. The molecule has 112 valence electrons. The summed E-state index contributed by atoms with van der Waals surface area (Å²) in [5.41, 5.74) is 0. The van der Waals surface area contributed by atoms with E-state index < -0.39 is 0 Å². The number of nitrogens with zero attached hydrogens (tertiary/aromatic N) is 2. The number of guanidine groups is 1. The molecule has 1 aliphatic rings. The summed E-state index contributed by atoms with van der Waals surface area (Å²) < 4.78 is 5.10. The monoisotopic (exact) mass is 383 g/mol. The third kappa shape index (κ3) is 5.97. The van der Waals surface area contributed by atoms with Crippen molar-refractivity contribution in [1.82, 2.24) is 10.2 Å². The van der Waals surface area contributed by atoms with Crippen molar-refractivity contribution in [2.45, 2.75) is 33.1 Å². The number of hydrogen-bond donors (Lipinski definition) is 1. The zero-order valence-electron chi connectivity index (χ0n) is 12.1. The van der Waals surface area contributed by atoms with E-state index in [2.05, 4.69) is 22.1 Å². The van der Waals surface area contributed by atoms with E-state index in [9.17, 15) is 4.79 Å². The molecule has 19 heavy (non-hydrogen) atoms. The molecule has 0 amide bonds. The van der Waals surface area contributed by atoms with Crippen molar-refractivity contribution in [3.8, 4) is 0 Å². The molecule has 0 aromatic rings. The molecule has 1 N–H and O–H groups in total. The molecule has 1 heterocycles. The van der Waals surface area contributed by atoms with Gasteiger partial charge in [-0.15, -0.1) is 24.0 Å². The van der Waals surface area contributed by atoms with Crippen molar-refractivity contribution >= 4 is 35.9 Å². The minimum Gasteiger partial charge on any atom is -0.466 e. The number of carbonyl (C=O) groups is 1. The van der Waals surface area contributed by atoms with E-state index in [1.807, 2.05) is 6.92 Å². The van der Waals surface area contributed by atoms with E-state index in [0.29, 0.717) is 13.2 Å². The topological polar surface area (TPSA) is 53.9 Å². The maximum Gasteiger partial charge on any atom is 0.310 e. The highest BCUT2D eigenvalue weighted by atomic mass is 127. The molecule has 0 aliphatic carbocycles. The lowest BCUT2D eigenvalue weighted by atomic mass is 9.98. The Morgan fingerprint density at radius 3 is 2.79 bits per heavy atom. The Hall–Kier alpha value is -0.530. The molecule has 0 bridgehead atoms. The average molecular weight is 383 g/mol. The molecule has 0 aromatic heterocycles. The van der Waals surface area contributed by atoms with Crippen molar-refractivity contribution in [3.05, 3.63) is 0 Å². The predicted octanol–water partition coefficient (Wildman–Crippen LogP) is 1.86. The van der Waals surface area contributed by atoms with Crippen LogP contribution in [-0.4, -0.2) is 50.1 Å². The fraction of sp³-hybridized carbons (Fsp3) is 0.846. The summed E-state index contributed by atoms with van der Waals surface area (Å²) in [6, 6.07) is 0. The molecule has 1 saturated heterocycles. The largest absolute Gasteiger partial charge is 0.466 e. The van der Waals surface area contributed by atoms with Crippen LogP contribution in [0.15, 0.2) is 4.99 Å². The summed E-state index contributed by atoms with van der Waals surface area (Å²) in [5, 5.41) is 3.30. The number of likely N-dealkylation sites (tertiary alicyclic amines) is 1. The Bertz CT molecular complexity index is 298. The zero-order valence-corrected chi connectivity index (χ0v) is 14.5. The number of hydrogen-bond acceptors (Lipinski definition) is 3. The SMILES string of the molecule is CCCNC(=NC)N1CCCC(C(=O)OCC)C1.I. The summed E-state index contributed by atoms with van der Waals surface area (Å²) in [7, 11) is 1.78. The Morgan fingerprint density at radius 2 is 2.21 bits per heavy atom. The minimum absolute atomic E-state index is 0. The Labute approximate surface area is 133 Å². The lowest BCUT2D eigenvalue weighted by Gasteiger charge is -2.33. The first-order valence-electron chi connectivity index (χ1n) is 6.85. The first kappa shape index (κ1) is 18.5. The van der Waals surface area contributed by atoms with E-state index in [1.54, 1.807) is 7.05 Å². The van der Waals surface area contributed by atoms with Crippen LogP contribution in [0.4, 0.5) is 0 Å². The van der Waals surface area contributed by atoms with Gasteiger partial charge in [0.25, 0.3) is 0 Å². The van der Waals surface area contributed by atoms with Crippen molar-refractivity contribution in [3.63, 3.8) is 0 Å². The van der Waals surface area contributed by atoms with Gasteiger partial charge in [-0.3, -0.25) is 9.79 Å². The van der Waals surface area contributed by atoms with E-state index in [0.717, 1.165) is 38.3 Å². The average Bonchev–Trinajstić information content (AvgIpc) is 2.40. The van der Waals surface area contributed by atoms with Gasteiger partial charge in [-0.2, -0.15) is 0 Å². The summed E-state index contributed by atoms with van der Waals surface area (Å²) in [6.45, 7) is 7.00. The number of halogens is 1. The van der Waals surface area contributed by atoms with E-state index in [1.165, 1.54) is 0 Å². The number of nitrogens with one attached hydrogen (secondary N) is 1. The van der Waals surface area contributed by atoms with Crippen LogP contribution in [0.3, 0.4) is 0 Å². The molecule has 1 unspecified atom stereocenters. The second-order valence-electron chi connectivity index (χ2n) is 4.51. The van der Waals surface area contributed by atoms with Gasteiger partial charge < -0.3 is 15.0 Å². The van der Waals surface area contributed by atoms with Crippen molar-refractivity contribution in [2.75, 3.05) is 33.3 Å². The van der Waals surface area contributed by atoms with Crippen molar-refractivity contribution < 1.29 is 9.53 Å². The second kappa shape index (κ2) is 10.3. The molecule has 5 nitrogen and oxygen atoms in total. The highest BCUT2D eigenvalue weighted by molar-refractivity contribution is 14.0. The number of piperidine rings is 1. The van der Waals surface area contributed by atoms with Gasteiger partial charge in [0.2, 0.25) is 0 Å². The van der Waals surface area contributed by atoms with Gasteiger partial charge in [-0.1, -0.05) is 6.92 Å². The van der Waals surface area contributed by atoms with Gasteiger partial charge in [0.15, 0.2) is 5.96 Å². The molecule has 0 radical (unpaired) electrons. The van der Waals surface area contributed by atoms with Crippen LogP contribution in [0.5, 0.6) is 0 Å². The molecule has 0 saturated carbocycles. The Morgan fingerprint density at radius 1 is 1.47 bits per heavy atom. The van der Waals surface area contributed by atoms with Crippen LogP contribution in [0.25, 0.3) is 0 Å². The summed E-state index contributed by atoms with van der Waals surface area (Å²) in [6.07, 6.45) is 2.99. The Balaban J connectivity index is 0.00000324. The fourth-order valence-corrected chi connectivity index (χ4v) is 2.19. The molecular formula is C13H26IN3O2. The summed E-state index contributed by atoms with van der Waals surface area (Å²) >= 11 is 0. The maximum atomic E-state index is 11.8. The number of ether oxygens (including phenoxy) is 1. The molecule has 1 fully saturated rings. The van der Waals surface area contributed by atoms with Gasteiger partial charge in [0, 0.05) is 26.7 Å².